The van der Waals surface area contributed by atoms with Crippen molar-refractivity contribution < 1.29 is 4.43 Å². The fourth-order valence-electron chi connectivity index (χ4n) is 0.631. The molecule has 0 amide bonds. The monoisotopic (exact) mass is 238 g/mol. The maximum atomic E-state index is 5.68. The fourth-order valence-corrected chi connectivity index (χ4v) is 1.55. The molecule has 0 spiro atoms. The van der Waals surface area contributed by atoms with Crippen LogP contribution < -0.4 is 5.19 Å². The Bertz CT molecular complexity index is 237. The van der Waals surface area contributed by atoms with E-state index in [0.717, 1.165) is 5.19 Å². The summed E-state index contributed by atoms with van der Waals surface area (Å²) in [5.74, 6) is 0. The molecule has 2 radical (unpaired) electrons. The number of halogens is 3. The summed E-state index contributed by atoms with van der Waals surface area (Å²) >= 11 is 16.5. The van der Waals surface area contributed by atoms with Crippen molar-refractivity contribution in [3.05, 3.63) is 29.3 Å². The van der Waals surface area contributed by atoms with Crippen LogP contribution in [0.4, 0.5) is 0 Å². The molecule has 0 heterocycles. The highest BCUT2D eigenvalue weighted by molar-refractivity contribution is 6.51. The van der Waals surface area contributed by atoms with E-state index in [1.165, 1.54) is 0 Å². The topological polar surface area (TPSA) is 9.23 Å². The van der Waals surface area contributed by atoms with E-state index in [2.05, 4.69) is 0 Å². The molecule has 1 aromatic rings. The Balaban J connectivity index is 2.48. The normalized spacial score (nSPS) is 10.7. The fraction of sp³-hybridized carbons (Fsp3) is 0.143. The standard InChI is InChI=1S/C7H5Cl3OSi/c8-5-1-3-6(4-2-5)12-11-7(9)10/h1-4,7H. The number of rotatable bonds is 3. The van der Waals surface area contributed by atoms with Crippen molar-refractivity contribution >= 4 is 49.8 Å². The lowest BCUT2D eigenvalue weighted by molar-refractivity contribution is 0.383. The van der Waals surface area contributed by atoms with Gasteiger partial charge in [-0.05, 0) is 17.3 Å². The zero-order valence-corrected chi connectivity index (χ0v) is 9.20. The summed E-state index contributed by atoms with van der Waals surface area (Å²) in [5.41, 5.74) is 0. The molecule has 1 aromatic carbocycles. The van der Waals surface area contributed by atoms with Crippen LogP contribution in [0.3, 0.4) is 0 Å². The van der Waals surface area contributed by atoms with Gasteiger partial charge in [-0.1, -0.05) is 46.9 Å². The minimum Gasteiger partial charge on any atom is -0.384 e. The molecule has 0 aliphatic carbocycles. The van der Waals surface area contributed by atoms with E-state index in [4.69, 9.17) is 39.2 Å². The van der Waals surface area contributed by atoms with Crippen LogP contribution in [0.25, 0.3) is 0 Å². The maximum Gasteiger partial charge on any atom is 0.272 e. The van der Waals surface area contributed by atoms with Crippen LogP contribution in [-0.2, 0) is 4.43 Å². The molecule has 12 heavy (non-hydrogen) atoms. The van der Waals surface area contributed by atoms with Crippen LogP contribution in [0.2, 0.25) is 5.02 Å². The predicted octanol–water partition coefficient (Wildman–Crippen LogP) is 2.36. The smallest absolute Gasteiger partial charge is 0.272 e. The van der Waals surface area contributed by atoms with E-state index in [-0.39, 0.29) is 9.76 Å². The lowest BCUT2D eigenvalue weighted by Gasteiger charge is -2.01. The largest absolute Gasteiger partial charge is 0.384 e. The molecular weight excluding hydrogens is 235 g/mol. The molecule has 1 rings (SSSR count). The molecule has 0 N–H and O–H groups in total. The highest BCUT2D eigenvalue weighted by atomic mass is 35.5. The number of hydrogen-bond acceptors (Lipinski definition) is 1. The molecule has 0 unspecified atom stereocenters. The van der Waals surface area contributed by atoms with Gasteiger partial charge in [0, 0.05) is 5.02 Å². The molecule has 0 fully saturated rings. The van der Waals surface area contributed by atoms with Gasteiger partial charge in [-0.3, -0.25) is 0 Å². The molecule has 0 saturated heterocycles. The Kier molecular flexibility index (Phi) is 4.39. The first-order chi connectivity index (χ1) is 5.68. The van der Waals surface area contributed by atoms with Gasteiger partial charge < -0.3 is 4.43 Å². The lowest BCUT2D eigenvalue weighted by Crippen LogP contribution is -2.18. The van der Waals surface area contributed by atoms with Gasteiger partial charge >= 0.3 is 0 Å². The summed E-state index contributed by atoms with van der Waals surface area (Å²) in [6.45, 7) is 0. The molecule has 64 valence electrons. The molecule has 0 saturated carbocycles. The molecule has 0 atom stereocenters. The Hall–Kier alpha value is 0.267. The zero-order valence-electron chi connectivity index (χ0n) is 5.93. The third-order valence-electron chi connectivity index (χ3n) is 1.11. The van der Waals surface area contributed by atoms with Crippen LogP contribution in [0.15, 0.2) is 24.3 Å². The molecule has 0 aliphatic rings. The van der Waals surface area contributed by atoms with Crippen LogP contribution in [-0.4, -0.2) is 14.8 Å². The van der Waals surface area contributed by atoms with E-state index < -0.39 is 5.02 Å². The third-order valence-corrected chi connectivity index (χ3v) is 2.76. The number of hydrogen-bond donors (Lipinski definition) is 0. The van der Waals surface area contributed by atoms with Gasteiger partial charge in [0.1, 0.15) is 0 Å². The van der Waals surface area contributed by atoms with Gasteiger partial charge in [0.25, 0.3) is 9.76 Å². The van der Waals surface area contributed by atoms with Gasteiger partial charge in [-0.25, -0.2) is 0 Å². The van der Waals surface area contributed by atoms with Crippen LogP contribution in [0.1, 0.15) is 0 Å². The quantitative estimate of drug-likeness (QED) is 0.581. The average Bonchev–Trinajstić information content (AvgIpc) is 2.03. The van der Waals surface area contributed by atoms with Crippen molar-refractivity contribution in [1.29, 1.82) is 0 Å². The van der Waals surface area contributed by atoms with E-state index in [1.54, 1.807) is 12.1 Å². The second-order valence-corrected chi connectivity index (χ2v) is 4.46. The van der Waals surface area contributed by atoms with Gasteiger partial charge in [0.15, 0.2) is 5.02 Å². The third kappa shape index (κ3) is 3.78. The van der Waals surface area contributed by atoms with Crippen molar-refractivity contribution in [2.45, 2.75) is 5.02 Å². The van der Waals surface area contributed by atoms with Crippen LogP contribution in [0.5, 0.6) is 0 Å². The van der Waals surface area contributed by atoms with Crippen molar-refractivity contribution in [2.75, 3.05) is 0 Å². The summed E-state index contributed by atoms with van der Waals surface area (Å²) in [4.78, 5) is 0. The summed E-state index contributed by atoms with van der Waals surface area (Å²) in [6, 6.07) is 7.34. The lowest BCUT2D eigenvalue weighted by atomic mass is 10.4. The van der Waals surface area contributed by atoms with Gasteiger partial charge in [0.05, 0.1) is 0 Å². The second kappa shape index (κ2) is 5.10. The summed E-state index contributed by atoms with van der Waals surface area (Å²) < 4.78 is 4.98. The van der Waals surface area contributed by atoms with Gasteiger partial charge in [-0.15, -0.1) is 0 Å². The van der Waals surface area contributed by atoms with E-state index in [0.29, 0.717) is 5.02 Å². The number of benzene rings is 1. The van der Waals surface area contributed by atoms with Crippen LogP contribution in [0, 0.1) is 0 Å². The Morgan fingerprint density at radius 1 is 1.17 bits per heavy atom. The van der Waals surface area contributed by atoms with E-state index >= 15 is 0 Å². The van der Waals surface area contributed by atoms with Gasteiger partial charge in [-0.2, -0.15) is 0 Å². The first kappa shape index (κ1) is 10.3. The molecular formula is C7H5Cl3OSi. The van der Waals surface area contributed by atoms with Crippen LogP contribution >= 0.6 is 34.8 Å². The average molecular weight is 240 g/mol. The molecule has 5 heteroatoms. The molecule has 0 aliphatic heterocycles. The summed E-state index contributed by atoms with van der Waals surface area (Å²) in [7, 11) is 0.159. The van der Waals surface area contributed by atoms with Crippen molar-refractivity contribution in [3.63, 3.8) is 0 Å². The molecule has 1 nitrogen and oxygen atoms in total. The molecule has 0 aromatic heterocycles. The zero-order chi connectivity index (χ0) is 8.97. The van der Waals surface area contributed by atoms with E-state index in [9.17, 15) is 0 Å². The van der Waals surface area contributed by atoms with Crippen molar-refractivity contribution in [2.24, 2.45) is 0 Å². The van der Waals surface area contributed by atoms with E-state index in [1.807, 2.05) is 12.1 Å². The van der Waals surface area contributed by atoms with Crippen molar-refractivity contribution in [1.82, 2.24) is 0 Å². The summed E-state index contributed by atoms with van der Waals surface area (Å²) in [5, 5.41) is 0.960. The number of alkyl halides is 2. The second-order valence-electron chi connectivity index (χ2n) is 1.99. The summed E-state index contributed by atoms with van der Waals surface area (Å²) in [6.07, 6.45) is 0. The molecule has 0 bridgehead atoms. The minimum absolute atomic E-state index is 0.159. The predicted molar refractivity (Wildman–Crippen MR) is 53.4 cm³/mol. The highest BCUT2D eigenvalue weighted by Gasteiger charge is 2.01. The van der Waals surface area contributed by atoms with Gasteiger partial charge in [0.2, 0.25) is 0 Å². The minimum atomic E-state index is -0.765. The van der Waals surface area contributed by atoms with Crippen molar-refractivity contribution in [3.8, 4) is 0 Å². The SMILES string of the molecule is Clc1ccc([Si]OC(Cl)Cl)cc1. The highest BCUT2D eigenvalue weighted by Crippen LogP contribution is 2.04. The first-order valence-corrected chi connectivity index (χ1v) is 5.30. The first-order valence-electron chi connectivity index (χ1n) is 3.14. The Labute approximate surface area is 88.5 Å². The Morgan fingerprint density at radius 2 is 1.75 bits per heavy atom. The maximum absolute atomic E-state index is 5.68. The Morgan fingerprint density at radius 3 is 2.25 bits per heavy atom.